The monoisotopic (exact) mass is 346 g/mol. The molecule has 2 saturated carbocycles. The third kappa shape index (κ3) is 2.92. The quantitative estimate of drug-likeness (QED) is 0.595. The molecule has 0 unspecified atom stereocenters. The van der Waals surface area contributed by atoms with Crippen LogP contribution in [0.5, 0.6) is 0 Å². The van der Waals surface area contributed by atoms with Gasteiger partial charge < -0.3 is 0 Å². The Kier molecular flexibility index (Phi) is 4.58. The fraction of sp³-hybridized carbons (Fsp3) is 1.00. The number of hydrogen-bond donors (Lipinski definition) is 0. The van der Waals surface area contributed by atoms with Crippen LogP contribution in [-0.4, -0.2) is 31.2 Å². The Hall–Kier alpha value is 1.40. The van der Waals surface area contributed by atoms with Gasteiger partial charge in [-0.1, -0.05) is 0 Å². The molecule has 0 aromatic carbocycles. The van der Waals surface area contributed by atoms with Gasteiger partial charge in [0, 0.05) is 23.0 Å². The van der Waals surface area contributed by atoms with E-state index in [1.54, 1.807) is 0 Å². The molecule has 20 heavy (non-hydrogen) atoms. The zero-order chi connectivity index (χ0) is 13.5. The van der Waals surface area contributed by atoms with Crippen molar-refractivity contribution in [2.24, 2.45) is 11.8 Å². The molecule has 4 heteroatoms. The minimum absolute atomic E-state index is 0.670. The molecule has 4 fully saturated rings. The van der Waals surface area contributed by atoms with E-state index >= 15 is 0 Å². The lowest BCUT2D eigenvalue weighted by Gasteiger charge is -2.43. The predicted octanol–water partition coefficient (Wildman–Crippen LogP) is 5.72. The first-order valence-corrected chi connectivity index (χ1v) is 12.3. The SMILES string of the molecule is C1CSC2(CCC(C3CCC4(CC3)SCCS4)CC2)S1. The molecule has 0 nitrogen and oxygen atoms in total. The maximum absolute atomic E-state index is 2.29. The minimum Gasteiger partial charge on any atom is -0.143 e. The highest BCUT2D eigenvalue weighted by atomic mass is 32.2. The average Bonchev–Trinajstić information content (AvgIpc) is 3.12. The second-order valence-corrected chi connectivity index (χ2v) is 13.3. The van der Waals surface area contributed by atoms with E-state index in [9.17, 15) is 0 Å². The van der Waals surface area contributed by atoms with Crippen LogP contribution in [0.3, 0.4) is 0 Å². The second-order valence-electron chi connectivity index (χ2n) is 6.89. The van der Waals surface area contributed by atoms with E-state index < -0.39 is 0 Å². The highest BCUT2D eigenvalue weighted by Crippen LogP contribution is 2.58. The van der Waals surface area contributed by atoms with Gasteiger partial charge in [-0.05, 0) is 63.2 Å². The van der Waals surface area contributed by atoms with Crippen molar-refractivity contribution in [2.45, 2.75) is 59.5 Å². The summed E-state index contributed by atoms with van der Waals surface area (Å²) >= 11 is 9.14. The lowest BCUT2D eigenvalue weighted by atomic mass is 9.73. The molecule has 0 aromatic rings. The Balaban J connectivity index is 1.30. The van der Waals surface area contributed by atoms with Crippen LogP contribution in [0, 0.1) is 11.8 Å². The number of hydrogen-bond acceptors (Lipinski definition) is 4. The standard InChI is InChI=1S/C16H26S4/c1-5-15(17-9-10-18-15)6-2-13(1)14-3-7-16(8-4-14)19-11-12-20-16/h13-14H,1-12H2. The molecule has 2 heterocycles. The van der Waals surface area contributed by atoms with E-state index in [1.165, 1.54) is 74.4 Å². The zero-order valence-electron chi connectivity index (χ0n) is 12.3. The number of rotatable bonds is 1. The fourth-order valence-electron chi connectivity index (χ4n) is 4.67. The molecule has 0 aromatic heterocycles. The molecule has 4 aliphatic rings. The van der Waals surface area contributed by atoms with Crippen LogP contribution in [0.4, 0.5) is 0 Å². The summed E-state index contributed by atoms with van der Waals surface area (Å²) in [7, 11) is 0. The smallest absolute Gasteiger partial charge is 0.0611 e. The molecular weight excluding hydrogens is 320 g/mol. The normalized spacial score (nSPS) is 36.9. The summed E-state index contributed by atoms with van der Waals surface area (Å²) in [6.45, 7) is 0. The summed E-state index contributed by atoms with van der Waals surface area (Å²) in [5.41, 5.74) is 0. The van der Waals surface area contributed by atoms with Crippen molar-refractivity contribution in [3.05, 3.63) is 0 Å². The predicted molar refractivity (Wildman–Crippen MR) is 99.2 cm³/mol. The van der Waals surface area contributed by atoms with Crippen LogP contribution >= 0.6 is 47.0 Å². The molecule has 2 saturated heterocycles. The first-order chi connectivity index (χ1) is 9.79. The Morgan fingerprint density at radius 1 is 0.500 bits per heavy atom. The Morgan fingerprint density at radius 3 is 1.10 bits per heavy atom. The lowest BCUT2D eigenvalue weighted by Crippen LogP contribution is -2.33. The van der Waals surface area contributed by atoms with Gasteiger partial charge >= 0.3 is 0 Å². The third-order valence-corrected chi connectivity index (χ3v) is 13.2. The molecule has 0 amide bonds. The fourth-order valence-corrected chi connectivity index (χ4v) is 11.3. The first kappa shape index (κ1) is 15.0. The molecular formula is C16H26S4. The Labute approximate surface area is 141 Å². The van der Waals surface area contributed by atoms with Crippen LogP contribution in [-0.2, 0) is 0 Å². The van der Waals surface area contributed by atoms with E-state index in [1.807, 2.05) is 0 Å². The van der Waals surface area contributed by atoms with E-state index in [2.05, 4.69) is 47.0 Å². The molecule has 2 spiro atoms. The molecule has 0 N–H and O–H groups in total. The van der Waals surface area contributed by atoms with Gasteiger partial charge in [-0.3, -0.25) is 0 Å². The molecule has 2 aliphatic heterocycles. The lowest BCUT2D eigenvalue weighted by molar-refractivity contribution is 0.193. The summed E-state index contributed by atoms with van der Waals surface area (Å²) in [4.78, 5) is 0. The highest BCUT2D eigenvalue weighted by molar-refractivity contribution is 8.21. The van der Waals surface area contributed by atoms with Gasteiger partial charge in [0.2, 0.25) is 0 Å². The Bertz CT molecular complexity index is 290. The van der Waals surface area contributed by atoms with Crippen LogP contribution in [0.25, 0.3) is 0 Å². The molecule has 4 rings (SSSR count). The largest absolute Gasteiger partial charge is 0.143 e. The van der Waals surface area contributed by atoms with Crippen molar-refractivity contribution in [3.8, 4) is 0 Å². The van der Waals surface area contributed by atoms with Crippen molar-refractivity contribution in [3.63, 3.8) is 0 Å². The van der Waals surface area contributed by atoms with E-state index in [-0.39, 0.29) is 0 Å². The zero-order valence-corrected chi connectivity index (χ0v) is 15.5. The number of thioether (sulfide) groups is 4. The van der Waals surface area contributed by atoms with Gasteiger partial charge in [0.1, 0.15) is 0 Å². The Morgan fingerprint density at radius 2 is 0.800 bits per heavy atom. The van der Waals surface area contributed by atoms with Crippen molar-refractivity contribution in [1.82, 2.24) is 0 Å². The summed E-state index contributed by atoms with van der Waals surface area (Å²) in [6, 6.07) is 0. The van der Waals surface area contributed by atoms with Gasteiger partial charge in [-0.25, -0.2) is 0 Å². The summed E-state index contributed by atoms with van der Waals surface area (Å²) in [6.07, 6.45) is 12.2. The van der Waals surface area contributed by atoms with E-state index in [0.29, 0.717) is 8.16 Å². The average molecular weight is 347 g/mol. The maximum atomic E-state index is 2.29. The van der Waals surface area contributed by atoms with Gasteiger partial charge in [-0.15, -0.1) is 47.0 Å². The van der Waals surface area contributed by atoms with Crippen LogP contribution in [0.15, 0.2) is 0 Å². The van der Waals surface area contributed by atoms with Gasteiger partial charge in [0.25, 0.3) is 0 Å². The van der Waals surface area contributed by atoms with Crippen LogP contribution in [0.2, 0.25) is 0 Å². The van der Waals surface area contributed by atoms with Crippen LogP contribution in [0.1, 0.15) is 51.4 Å². The van der Waals surface area contributed by atoms with Gasteiger partial charge in [0.15, 0.2) is 0 Å². The molecule has 0 bridgehead atoms. The molecule has 0 atom stereocenters. The van der Waals surface area contributed by atoms with Crippen LogP contribution < -0.4 is 0 Å². The molecule has 0 radical (unpaired) electrons. The van der Waals surface area contributed by atoms with Crippen molar-refractivity contribution < 1.29 is 0 Å². The third-order valence-electron chi connectivity index (χ3n) is 5.88. The highest BCUT2D eigenvalue weighted by Gasteiger charge is 2.44. The van der Waals surface area contributed by atoms with E-state index in [0.717, 1.165) is 11.8 Å². The second kappa shape index (κ2) is 6.13. The summed E-state index contributed by atoms with van der Waals surface area (Å²) < 4.78 is 1.34. The topological polar surface area (TPSA) is 0 Å². The maximum Gasteiger partial charge on any atom is 0.0611 e. The summed E-state index contributed by atoms with van der Waals surface area (Å²) in [5, 5.41) is 0. The van der Waals surface area contributed by atoms with Gasteiger partial charge in [0.05, 0.1) is 8.16 Å². The van der Waals surface area contributed by atoms with E-state index in [4.69, 9.17) is 0 Å². The first-order valence-electron chi connectivity index (χ1n) is 8.35. The van der Waals surface area contributed by atoms with Gasteiger partial charge in [-0.2, -0.15) is 0 Å². The van der Waals surface area contributed by atoms with Crippen molar-refractivity contribution >= 4 is 47.0 Å². The van der Waals surface area contributed by atoms with Crippen molar-refractivity contribution in [2.75, 3.05) is 23.0 Å². The summed E-state index contributed by atoms with van der Waals surface area (Å²) in [5.74, 6) is 7.81. The van der Waals surface area contributed by atoms with Crippen molar-refractivity contribution in [1.29, 1.82) is 0 Å². The minimum atomic E-state index is 0.670. The molecule has 2 aliphatic carbocycles. The molecule has 114 valence electrons.